The van der Waals surface area contributed by atoms with Crippen LogP contribution in [0, 0.1) is 5.82 Å². The fourth-order valence-corrected chi connectivity index (χ4v) is 2.97. The Bertz CT molecular complexity index is 1080. The third kappa shape index (κ3) is 3.27. The van der Waals surface area contributed by atoms with Crippen LogP contribution in [0.15, 0.2) is 53.8 Å². The second-order valence-corrected chi connectivity index (χ2v) is 6.22. The molecule has 2 aromatic heterocycles. The molecule has 0 saturated heterocycles. The zero-order valence-corrected chi connectivity index (χ0v) is 14.6. The average molecular weight is 381 g/mol. The van der Waals surface area contributed by atoms with E-state index in [0.717, 1.165) is 0 Å². The molecule has 0 radical (unpaired) electrons. The highest BCUT2D eigenvalue weighted by Crippen LogP contribution is 2.24. The smallest absolute Gasteiger partial charge is 0.267 e. The second-order valence-electron chi connectivity index (χ2n) is 6.22. The quantitative estimate of drug-likeness (QED) is 0.671. The Kier molecular flexibility index (Phi) is 4.44. The Morgan fingerprint density at radius 1 is 1.18 bits per heavy atom. The molecular formula is C18H16FN7O2. The lowest BCUT2D eigenvalue weighted by molar-refractivity contribution is -0.119. The van der Waals surface area contributed by atoms with Crippen molar-refractivity contribution in [3.8, 4) is 0 Å². The Labute approximate surface area is 158 Å². The number of pyridine rings is 1. The molecule has 9 nitrogen and oxygen atoms in total. The number of nitrogens with two attached hydrogens (primary N) is 1. The number of benzene rings is 1. The molecule has 1 atom stereocenters. The molecule has 2 amide bonds. The summed E-state index contributed by atoms with van der Waals surface area (Å²) in [5.41, 5.74) is 6.74. The number of anilines is 1. The Hall–Kier alpha value is -3.82. The van der Waals surface area contributed by atoms with Gasteiger partial charge in [0.2, 0.25) is 5.91 Å². The molecule has 0 bridgehead atoms. The van der Waals surface area contributed by atoms with Crippen LogP contribution in [-0.2, 0) is 16.1 Å². The van der Waals surface area contributed by atoms with Gasteiger partial charge in [-0.2, -0.15) is 5.10 Å². The molecule has 4 rings (SSSR count). The number of aromatic nitrogens is 3. The zero-order chi connectivity index (χ0) is 19.7. The average Bonchev–Trinajstić information content (AvgIpc) is 3.32. The third-order valence-electron chi connectivity index (χ3n) is 4.38. The highest BCUT2D eigenvalue weighted by atomic mass is 19.1. The van der Waals surface area contributed by atoms with Crippen molar-refractivity contribution in [2.24, 2.45) is 10.8 Å². The maximum absolute atomic E-state index is 13.2. The van der Waals surface area contributed by atoms with Crippen LogP contribution in [0.25, 0.3) is 5.65 Å². The standard InChI is InChI=1S/C18H16FN7O2/c19-11-4-6-12(7-5-11)26-14(17(20)27)9-13(24-26)18(28)21-10-16-23-22-15-3-1-2-8-25(15)16/h1-8,14H,9-10H2,(H2,20,27)(H,21,28)/t14-/m0/s1. The number of carbonyl (C=O) groups excluding carboxylic acids is 2. The van der Waals surface area contributed by atoms with Gasteiger partial charge in [-0.15, -0.1) is 10.2 Å². The lowest BCUT2D eigenvalue weighted by Crippen LogP contribution is -2.39. The first-order valence-corrected chi connectivity index (χ1v) is 8.51. The normalized spacial score (nSPS) is 16.2. The fraction of sp³-hybridized carbons (Fsp3) is 0.167. The summed E-state index contributed by atoms with van der Waals surface area (Å²) >= 11 is 0. The molecule has 142 valence electrons. The van der Waals surface area contributed by atoms with Gasteiger partial charge in [-0.05, 0) is 36.4 Å². The molecule has 10 heteroatoms. The number of primary amides is 1. The summed E-state index contributed by atoms with van der Waals surface area (Å²) in [7, 11) is 0. The van der Waals surface area contributed by atoms with Gasteiger partial charge in [0.15, 0.2) is 11.5 Å². The number of carbonyl (C=O) groups is 2. The van der Waals surface area contributed by atoms with Crippen LogP contribution in [0.3, 0.4) is 0 Å². The van der Waals surface area contributed by atoms with E-state index in [1.54, 1.807) is 16.7 Å². The van der Waals surface area contributed by atoms with Crippen molar-refractivity contribution in [1.29, 1.82) is 0 Å². The molecule has 28 heavy (non-hydrogen) atoms. The van der Waals surface area contributed by atoms with Gasteiger partial charge < -0.3 is 11.1 Å². The Morgan fingerprint density at radius 2 is 1.96 bits per heavy atom. The van der Waals surface area contributed by atoms with E-state index in [2.05, 4.69) is 20.6 Å². The summed E-state index contributed by atoms with van der Waals surface area (Å²) < 4.78 is 14.9. The number of nitrogens with zero attached hydrogens (tertiary/aromatic N) is 5. The van der Waals surface area contributed by atoms with E-state index >= 15 is 0 Å². The fourth-order valence-electron chi connectivity index (χ4n) is 2.97. The van der Waals surface area contributed by atoms with Gasteiger partial charge in [-0.3, -0.25) is 19.0 Å². The maximum atomic E-state index is 13.2. The van der Waals surface area contributed by atoms with Crippen LogP contribution in [-0.4, -0.2) is 38.2 Å². The highest BCUT2D eigenvalue weighted by Gasteiger charge is 2.35. The van der Waals surface area contributed by atoms with E-state index < -0.39 is 23.7 Å². The second kappa shape index (κ2) is 7.06. The number of hydrogen-bond donors (Lipinski definition) is 2. The monoisotopic (exact) mass is 381 g/mol. The molecule has 1 aliphatic heterocycles. The summed E-state index contributed by atoms with van der Waals surface area (Å²) in [5, 5.41) is 16.4. The van der Waals surface area contributed by atoms with Crippen molar-refractivity contribution >= 4 is 28.9 Å². The molecule has 0 spiro atoms. The molecule has 3 N–H and O–H groups in total. The molecule has 0 saturated carbocycles. The van der Waals surface area contributed by atoms with Gasteiger partial charge >= 0.3 is 0 Å². The predicted molar refractivity (Wildman–Crippen MR) is 98.7 cm³/mol. The molecular weight excluding hydrogens is 365 g/mol. The first-order chi connectivity index (χ1) is 13.5. The van der Waals surface area contributed by atoms with E-state index in [1.165, 1.54) is 29.3 Å². The van der Waals surface area contributed by atoms with E-state index in [1.807, 2.05) is 12.1 Å². The molecule has 0 aliphatic carbocycles. The number of hydrogen-bond acceptors (Lipinski definition) is 6. The van der Waals surface area contributed by atoms with Crippen LogP contribution >= 0.6 is 0 Å². The molecule has 0 fully saturated rings. The molecule has 3 heterocycles. The van der Waals surface area contributed by atoms with Crippen LogP contribution in [0.1, 0.15) is 12.2 Å². The van der Waals surface area contributed by atoms with Gasteiger partial charge in [-0.1, -0.05) is 6.07 Å². The SMILES string of the molecule is NC(=O)[C@@H]1CC(C(=O)NCc2nnc3ccccn23)=NN1c1ccc(F)cc1. The van der Waals surface area contributed by atoms with Gasteiger partial charge in [0.1, 0.15) is 17.6 Å². The number of halogens is 1. The van der Waals surface area contributed by atoms with E-state index in [0.29, 0.717) is 17.2 Å². The maximum Gasteiger partial charge on any atom is 0.267 e. The van der Waals surface area contributed by atoms with Gasteiger partial charge in [-0.25, -0.2) is 4.39 Å². The minimum atomic E-state index is -0.819. The first kappa shape index (κ1) is 17.6. The number of hydrazone groups is 1. The van der Waals surface area contributed by atoms with Gasteiger partial charge in [0, 0.05) is 12.6 Å². The lowest BCUT2D eigenvalue weighted by atomic mass is 10.1. The summed E-state index contributed by atoms with van der Waals surface area (Å²) in [5.74, 6) is -0.923. The van der Waals surface area contributed by atoms with Crippen molar-refractivity contribution in [2.75, 3.05) is 5.01 Å². The summed E-state index contributed by atoms with van der Waals surface area (Å²) in [6, 6.07) is 10.1. The van der Waals surface area contributed by atoms with Gasteiger partial charge in [0.05, 0.1) is 12.2 Å². The van der Waals surface area contributed by atoms with Crippen molar-refractivity contribution in [3.63, 3.8) is 0 Å². The van der Waals surface area contributed by atoms with Crippen LogP contribution in [0.4, 0.5) is 10.1 Å². The van der Waals surface area contributed by atoms with E-state index in [4.69, 9.17) is 5.73 Å². The van der Waals surface area contributed by atoms with Crippen molar-refractivity contribution in [1.82, 2.24) is 19.9 Å². The zero-order valence-electron chi connectivity index (χ0n) is 14.6. The molecule has 1 aliphatic rings. The molecule has 3 aromatic rings. The molecule has 1 aromatic carbocycles. The number of amides is 2. The lowest BCUT2D eigenvalue weighted by Gasteiger charge is -2.20. The van der Waals surface area contributed by atoms with Crippen molar-refractivity contribution in [2.45, 2.75) is 19.0 Å². The Balaban J connectivity index is 1.51. The minimum Gasteiger partial charge on any atom is -0.368 e. The van der Waals surface area contributed by atoms with Crippen LogP contribution < -0.4 is 16.1 Å². The minimum absolute atomic E-state index is 0.0547. The highest BCUT2D eigenvalue weighted by molar-refractivity contribution is 6.40. The number of nitrogens with one attached hydrogen (secondary N) is 1. The summed E-state index contributed by atoms with van der Waals surface area (Å²) in [6.07, 6.45) is 1.85. The number of rotatable bonds is 5. The van der Waals surface area contributed by atoms with Gasteiger partial charge in [0.25, 0.3) is 5.91 Å². The summed E-state index contributed by atoms with van der Waals surface area (Å²) in [4.78, 5) is 24.3. The van der Waals surface area contributed by atoms with Crippen LogP contribution in [0.5, 0.6) is 0 Å². The van der Waals surface area contributed by atoms with E-state index in [-0.39, 0.29) is 18.7 Å². The van der Waals surface area contributed by atoms with E-state index in [9.17, 15) is 14.0 Å². The number of fused-ring (bicyclic) bond motifs is 1. The van der Waals surface area contributed by atoms with Crippen LogP contribution in [0.2, 0.25) is 0 Å². The van der Waals surface area contributed by atoms with Crippen molar-refractivity contribution < 1.29 is 14.0 Å². The molecule has 0 unspecified atom stereocenters. The topological polar surface area (TPSA) is 118 Å². The van der Waals surface area contributed by atoms with Crippen molar-refractivity contribution in [3.05, 3.63) is 60.3 Å². The predicted octanol–water partition coefficient (Wildman–Crippen LogP) is 0.605. The largest absolute Gasteiger partial charge is 0.368 e. The third-order valence-corrected chi connectivity index (χ3v) is 4.38. The summed E-state index contributed by atoms with van der Waals surface area (Å²) in [6.45, 7) is 0.140. The Morgan fingerprint density at radius 3 is 2.71 bits per heavy atom. The first-order valence-electron chi connectivity index (χ1n) is 8.51.